The van der Waals surface area contributed by atoms with Crippen LogP contribution in [0.3, 0.4) is 0 Å². The first-order chi connectivity index (χ1) is 15.4. The Morgan fingerprint density at radius 1 is 0.969 bits per heavy atom. The number of ether oxygens (including phenoxy) is 2. The predicted octanol–water partition coefficient (Wildman–Crippen LogP) is 5.78. The van der Waals surface area contributed by atoms with E-state index in [1.54, 1.807) is 0 Å². The summed E-state index contributed by atoms with van der Waals surface area (Å²) in [6, 6.07) is 20.6. The number of benzene rings is 3. The van der Waals surface area contributed by atoms with Crippen LogP contribution in [0.2, 0.25) is 0 Å². The topological polar surface area (TPSA) is 84.9 Å². The van der Waals surface area contributed by atoms with Crippen LogP contribution in [-0.2, 0) is 4.74 Å². The lowest BCUT2D eigenvalue weighted by atomic mass is 9.98. The molecule has 6 nitrogen and oxygen atoms in total. The van der Waals surface area contributed by atoms with Crippen molar-refractivity contribution in [3.8, 4) is 16.9 Å². The Bertz CT molecular complexity index is 1110. The van der Waals surface area contributed by atoms with Crippen molar-refractivity contribution in [1.82, 2.24) is 0 Å². The number of hydrogen-bond donors (Lipinski definition) is 2. The molecule has 0 atom stereocenters. The first-order valence-corrected chi connectivity index (χ1v) is 10.6. The standard InChI is InChI=1S/C26H25NO5/c1-16(2)14-31-24-13-17(25(28)29)11-12-23(24)27-26(30)32-15-22-20-9-5-3-7-18(20)19-8-4-6-10-21(19)22/h3-13,16,22H,14-15H2,1-2H3,(H,27,30)(H,28,29). The highest BCUT2D eigenvalue weighted by Crippen LogP contribution is 2.44. The van der Waals surface area contributed by atoms with Gasteiger partial charge in [-0.1, -0.05) is 62.4 Å². The number of nitrogens with one attached hydrogen (secondary N) is 1. The van der Waals surface area contributed by atoms with Gasteiger partial charge in [0.2, 0.25) is 0 Å². The van der Waals surface area contributed by atoms with E-state index < -0.39 is 12.1 Å². The third-order valence-electron chi connectivity index (χ3n) is 5.38. The van der Waals surface area contributed by atoms with Crippen molar-refractivity contribution >= 4 is 17.7 Å². The first kappa shape index (κ1) is 21.4. The van der Waals surface area contributed by atoms with Crippen LogP contribution in [0.25, 0.3) is 11.1 Å². The van der Waals surface area contributed by atoms with E-state index in [-0.39, 0.29) is 24.0 Å². The van der Waals surface area contributed by atoms with Gasteiger partial charge in [0.25, 0.3) is 0 Å². The summed E-state index contributed by atoms with van der Waals surface area (Å²) >= 11 is 0. The highest BCUT2D eigenvalue weighted by Gasteiger charge is 2.29. The van der Waals surface area contributed by atoms with Crippen LogP contribution in [0, 0.1) is 5.92 Å². The number of carboxylic acid groups (broad SMARTS) is 1. The first-order valence-electron chi connectivity index (χ1n) is 10.6. The molecule has 0 saturated heterocycles. The quantitative estimate of drug-likeness (QED) is 0.495. The molecule has 0 heterocycles. The van der Waals surface area contributed by atoms with Crippen LogP contribution in [0.1, 0.15) is 41.3 Å². The minimum absolute atomic E-state index is 0.0424. The maximum absolute atomic E-state index is 12.6. The molecule has 164 valence electrons. The van der Waals surface area contributed by atoms with E-state index >= 15 is 0 Å². The maximum Gasteiger partial charge on any atom is 0.411 e. The lowest BCUT2D eigenvalue weighted by molar-refractivity contribution is 0.0696. The molecular formula is C26H25NO5. The fraction of sp³-hybridized carbons (Fsp3) is 0.231. The molecule has 3 aromatic carbocycles. The van der Waals surface area contributed by atoms with Gasteiger partial charge in [-0.3, -0.25) is 5.32 Å². The van der Waals surface area contributed by atoms with Crippen LogP contribution < -0.4 is 10.1 Å². The highest BCUT2D eigenvalue weighted by atomic mass is 16.5. The molecule has 0 aliphatic heterocycles. The van der Waals surface area contributed by atoms with E-state index in [0.29, 0.717) is 18.0 Å². The van der Waals surface area contributed by atoms with Gasteiger partial charge in [-0.25, -0.2) is 9.59 Å². The average molecular weight is 431 g/mol. The second-order valence-electron chi connectivity index (χ2n) is 8.17. The molecule has 1 aliphatic rings. The lowest BCUT2D eigenvalue weighted by Gasteiger charge is -2.17. The lowest BCUT2D eigenvalue weighted by Crippen LogP contribution is -2.19. The van der Waals surface area contributed by atoms with E-state index in [1.807, 2.05) is 38.1 Å². The number of amides is 1. The molecule has 1 amide bonds. The van der Waals surface area contributed by atoms with Crippen LogP contribution in [-0.4, -0.2) is 30.4 Å². The summed E-state index contributed by atoms with van der Waals surface area (Å²) in [6.45, 7) is 4.55. The zero-order valence-corrected chi connectivity index (χ0v) is 18.0. The number of rotatable bonds is 7. The molecule has 0 spiro atoms. The van der Waals surface area contributed by atoms with Gasteiger partial charge in [-0.15, -0.1) is 0 Å². The summed E-state index contributed by atoms with van der Waals surface area (Å²) in [7, 11) is 0. The van der Waals surface area contributed by atoms with Gasteiger partial charge in [-0.05, 0) is 46.4 Å². The van der Waals surface area contributed by atoms with Gasteiger partial charge in [-0.2, -0.15) is 0 Å². The molecule has 0 radical (unpaired) electrons. The summed E-state index contributed by atoms with van der Waals surface area (Å²) in [5.74, 6) is -0.566. The van der Waals surface area contributed by atoms with Crippen molar-refractivity contribution in [2.45, 2.75) is 19.8 Å². The number of carbonyl (C=O) groups is 2. The van der Waals surface area contributed by atoms with Gasteiger partial charge in [0.05, 0.1) is 17.9 Å². The fourth-order valence-corrected chi connectivity index (χ4v) is 3.88. The molecule has 1 aliphatic carbocycles. The van der Waals surface area contributed by atoms with E-state index in [0.717, 1.165) is 22.3 Å². The molecular weight excluding hydrogens is 406 g/mol. The Labute approximate surface area is 186 Å². The SMILES string of the molecule is CC(C)COc1cc(C(=O)O)ccc1NC(=O)OCC1c2ccccc2-c2ccccc21. The van der Waals surface area contributed by atoms with Crippen molar-refractivity contribution in [2.24, 2.45) is 5.92 Å². The zero-order valence-electron chi connectivity index (χ0n) is 18.0. The summed E-state index contributed by atoms with van der Waals surface area (Å²) in [4.78, 5) is 23.9. The van der Waals surface area contributed by atoms with E-state index in [2.05, 4.69) is 29.6 Å². The maximum atomic E-state index is 12.6. The zero-order chi connectivity index (χ0) is 22.7. The monoisotopic (exact) mass is 431 g/mol. The molecule has 0 fully saturated rings. The molecule has 0 aromatic heterocycles. The largest absolute Gasteiger partial charge is 0.491 e. The third kappa shape index (κ3) is 4.44. The summed E-state index contributed by atoms with van der Waals surface area (Å²) in [5, 5.41) is 12.0. The molecule has 6 heteroatoms. The molecule has 4 rings (SSSR count). The van der Waals surface area contributed by atoms with Crippen molar-refractivity contribution in [3.05, 3.63) is 83.4 Å². The van der Waals surface area contributed by atoms with Gasteiger partial charge >= 0.3 is 12.1 Å². The summed E-state index contributed by atoms with van der Waals surface area (Å²) in [6.07, 6.45) is -0.621. The molecule has 0 saturated carbocycles. The van der Waals surface area contributed by atoms with Gasteiger partial charge in [0.15, 0.2) is 0 Å². The van der Waals surface area contributed by atoms with Crippen molar-refractivity contribution in [2.75, 3.05) is 18.5 Å². The van der Waals surface area contributed by atoms with Crippen molar-refractivity contribution in [3.63, 3.8) is 0 Å². The number of fused-ring (bicyclic) bond motifs is 3. The number of aromatic carboxylic acids is 1. The Hall–Kier alpha value is -3.80. The van der Waals surface area contributed by atoms with Crippen molar-refractivity contribution in [1.29, 1.82) is 0 Å². The minimum atomic E-state index is -1.06. The molecule has 2 N–H and O–H groups in total. The Balaban J connectivity index is 1.48. The van der Waals surface area contributed by atoms with Gasteiger partial charge in [0.1, 0.15) is 12.4 Å². The summed E-state index contributed by atoms with van der Waals surface area (Å²) in [5.41, 5.74) is 5.03. The predicted molar refractivity (Wildman–Crippen MR) is 122 cm³/mol. The van der Waals surface area contributed by atoms with Crippen molar-refractivity contribution < 1.29 is 24.2 Å². The Morgan fingerprint density at radius 3 is 2.19 bits per heavy atom. The highest BCUT2D eigenvalue weighted by molar-refractivity contribution is 5.92. The van der Waals surface area contributed by atoms with Gasteiger partial charge < -0.3 is 14.6 Å². The number of hydrogen-bond acceptors (Lipinski definition) is 4. The molecule has 0 unspecified atom stereocenters. The fourth-order valence-electron chi connectivity index (χ4n) is 3.88. The minimum Gasteiger partial charge on any atom is -0.491 e. The van der Waals surface area contributed by atoms with Crippen LogP contribution in [0.4, 0.5) is 10.5 Å². The van der Waals surface area contributed by atoms with Crippen LogP contribution >= 0.6 is 0 Å². The third-order valence-corrected chi connectivity index (χ3v) is 5.38. The number of carbonyl (C=O) groups excluding carboxylic acids is 1. The van der Waals surface area contributed by atoms with Crippen LogP contribution in [0.5, 0.6) is 5.75 Å². The van der Waals surface area contributed by atoms with Crippen LogP contribution in [0.15, 0.2) is 66.7 Å². The van der Waals surface area contributed by atoms with E-state index in [9.17, 15) is 14.7 Å². The van der Waals surface area contributed by atoms with E-state index in [4.69, 9.17) is 9.47 Å². The Kier molecular flexibility index (Phi) is 6.12. The number of carboxylic acids is 1. The molecule has 32 heavy (non-hydrogen) atoms. The summed E-state index contributed by atoms with van der Waals surface area (Å²) < 4.78 is 11.3. The van der Waals surface area contributed by atoms with Gasteiger partial charge in [0, 0.05) is 5.92 Å². The second kappa shape index (κ2) is 9.14. The number of anilines is 1. The Morgan fingerprint density at radius 2 is 1.59 bits per heavy atom. The second-order valence-corrected chi connectivity index (χ2v) is 8.17. The molecule has 3 aromatic rings. The average Bonchev–Trinajstić information content (AvgIpc) is 3.10. The molecule has 0 bridgehead atoms. The van der Waals surface area contributed by atoms with E-state index in [1.165, 1.54) is 18.2 Å². The normalized spacial score (nSPS) is 12.2. The smallest absolute Gasteiger partial charge is 0.411 e.